The van der Waals surface area contributed by atoms with Gasteiger partial charge in [-0.15, -0.1) is 0 Å². The zero-order valence-corrected chi connectivity index (χ0v) is 12.7. The van der Waals surface area contributed by atoms with Crippen LogP contribution in [0.5, 0.6) is 11.5 Å². The van der Waals surface area contributed by atoms with Gasteiger partial charge in [0.15, 0.2) is 11.5 Å². The normalized spacial score (nSPS) is 16.8. The number of aromatic nitrogens is 2. The fraction of sp³-hybridized carbons (Fsp3) is 0.467. The number of hydrogen-bond acceptors (Lipinski definition) is 6. The maximum Gasteiger partial charge on any atom is 0.205 e. The van der Waals surface area contributed by atoms with Gasteiger partial charge in [0.1, 0.15) is 19.0 Å². The van der Waals surface area contributed by atoms with Crippen LogP contribution in [0.1, 0.15) is 30.1 Å². The molecule has 0 bridgehead atoms. The molecule has 110 valence electrons. The van der Waals surface area contributed by atoms with Gasteiger partial charge in [0.05, 0.1) is 0 Å². The lowest BCUT2D eigenvalue weighted by Crippen LogP contribution is -2.18. The van der Waals surface area contributed by atoms with E-state index < -0.39 is 0 Å². The third kappa shape index (κ3) is 2.68. The lowest BCUT2D eigenvalue weighted by Gasteiger charge is -2.20. The van der Waals surface area contributed by atoms with Crippen LogP contribution < -0.4 is 14.4 Å². The van der Waals surface area contributed by atoms with Gasteiger partial charge in [-0.3, -0.25) is 0 Å². The number of hydrogen-bond donors (Lipinski definition) is 0. The molecule has 4 rings (SSSR count). The highest BCUT2D eigenvalue weighted by molar-refractivity contribution is 7.09. The van der Waals surface area contributed by atoms with Gasteiger partial charge in [0.2, 0.25) is 5.13 Å². The molecule has 0 saturated heterocycles. The van der Waals surface area contributed by atoms with Crippen LogP contribution in [0.15, 0.2) is 18.2 Å². The second-order valence-corrected chi connectivity index (χ2v) is 6.27. The van der Waals surface area contributed by atoms with Gasteiger partial charge in [0.25, 0.3) is 0 Å². The number of rotatable bonds is 4. The van der Waals surface area contributed by atoms with Crippen LogP contribution >= 0.6 is 11.5 Å². The minimum Gasteiger partial charge on any atom is -0.486 e. The molecular formula is C15H17N3O2S. The van der Waals surface area contributed by atoms with Gasteiger partial charge in [-0.05, 0) is 30.5 Å². The Bertz CT molecular complexity index is 654. The molecule has 2 aliphatic rings. The Hall–Kier alpha value is -1.82. The number of ether oxygens (including phenoxy) is 2. The molecule has 0 radical (unpaired) electrons. The van der Waals surface area contributed by atoms with Crippen LogP contribution in [0.4, 0.5) is 5.13 Å². The van der Waals surface area contributed by atoms with Crippen molar-refractivity contribution in [1.29, 1.82) is 0 Å². The first-order valence-electron chi connectivity index (χ1n) is 7.23. The van der Waals surface area contributed by atoms with E-state index in [0.29, 0.717) is 19.1 Å². The van der Waals surface area contributed by atoms with Crippen molar-refractivity contribution in [3.63, 3.8) is 0 Å². The summed E-state index contributed by atoms with van der Waals surface area (Å²) in [5, 5.41) is 0.979. The van der Waals surface area contributed by atoms with Gasteiger partial charge in [0, 0.05) is 31.0 Å². The molecule has 5 nitrogen and oxygen atoms in total. The number of nitrogens with zero attached hydrogens (tertiary/aromatic N) is 3. The molecule has 0 unspecified atom stereocenters. The Labute approximate surface area is 127 Å². The standard InChI is InChI=1S/C15H17N3O2S/c1-18(15-16-14(17-21-15)11-3-4-11)9-10-2-5-12-13(8-10)20-7-6-19-12/h2,5,8,11H,3-4,6-7,9H2,1H3. The second kappa shape index (κ2) is 5.18. The molecule has 0 N–H and O–H groups in total. The second-order valence-electron chi connectivity index (χ2n) is 5.54. The lowest BCUT2D eigenvalue weighted by atomic mass is 10.2. The fourth-order valence-electron chi connectivity index (χ4n) is 2.42. The quantitative estimate of drug-likeness (QED) is 0.869. The Morgan fingerprint density at radius 1 is 1.24 bits per heavy atom. The third-order valence-electron chi connectivity index (χ3n) is 3.73. The average Bonchev–Trinajstić information content (AvgIpc) is 3.24. The highest BCUT2D eigenvalue weighted by Crippen LogP contribution is 2.39. The van der Waals surface area contributed by atoms with Crippen molar-refractivity contribution in [3.05, 3.63) is 29.6 Å². The first kappa shape index (κ1) is 12.9. The molecule has 1 saturated carbocycles. The van der Waals surface area contributed by atoms with Crippen molar-refractivity contribution in [2.24, 2.45) is 0 Å². The van der Waals surface area contributed by atoms with Crippen LogP contribution in [0.2, 0.25) is 0 Å². The summed E-state index contributed by atoms with van der Waals surface area (Å²) >= 11 is 1.48. The molecule has 2 aromatic rings. The Balaban J connectivity index is 1.48. The Morgan fingerprint density at radius 3 is 2.86 bits per heavy atom. The summed E-state index contributed by atoms with van der Waals surface area (Å²) in [6.45, 7) is 2.03. The summed E-state index contributed by atoms with van der Waals surface area (Å²) in [5.74, 6) is 3.30. The summed E-state index contributed by atoms with van der Waals surface area (Å²) in [4.78, 5) is 6.77. The van der Waals surface area contributed by atoms with Gasteiger partial charge >= 0.3 is 0 Å². The van der Waals surface area contributed by atoms with Crippen LogP contribution in [0.3, 0.4) is 0 Å². The molecule has 1 aliphatic heterocycles. The van der Waals surface area contributed by atoms with Crippen LogP contribution in [0.25, 0.3) is 0 Å². The van der Waals surface area contributed by atoms with Crippen molar-refractivity contribution in [2.45, 2.75) is 25.3 Å². The highest BCUT2D eigenvalue weighted by Gasteiger charge is 2.28. The summed E-state index contributed by atoms with van der Waals surface area (Å²) in [6, 6.07) is 6.11. The van der Waals surface area contributed by atoms with Gasteiger partial charge in [-0.1, -0.05) is 6.07 Å². The number of benzene rings is 1. The van der Waals surface area contributed by atoms with Gasteiger partial charge < -0.3 is 14.4 Å². The zero-order chi connectivity index (χ0) is 14.2. The van der Waals surface area contributed by atoms with Crippen LogP contribution in [0, 0.1) is 0 Å². The monoisotopic (exact) mass is 303 g/mol. The first-order chi connectivity index (χ1) is 10.3. The fourth-order valence-corrected chi connectivity index (χ4v) is 3.12. The summed E-state index contributed by atoms with van der Waals surface area (Å²) < 4.78 is 15.6. The molecule has 1 fully saturated rings. The van der Waals surface area contributed by atoms with E-state index in [4.69, 9.17) is 9.47 Å². The van der Waals surface area contributed by atoms with Gasteiger partial charge in [-0.2, -0.15) is 4.37 Å². The molecule has 0 amide bonds. The van der Waals surface area contributed by atoms with Crippen molar-refractivity contribution >= 4 is 16.7 Å². The summed E-state index contributed by atoms with van der Waals surface area (Å²) in [5.41, 5.74) is 1.19. The van der Waals surface area contributed by atoms with E-state index in [9.17, 15) is 0 Å². The minimum absolute atomic E-state index is 0.609. The average molecular weight is 303 g/mol. The van der Waals surface area contributed by atoms with Crippen molar-refractivity contribution in [3.8, 4) is 11.5 Å². The number of fused-ring (bicyclic) bond motifs is 1. The molecular weight excluding hydrogens is 286 g/mol. The molecule has 0 spiro atoms. The largest absolute Gasteiger partial charge is 0.486 e. The van der Waals surface area contributed by atoms with E-state index >= 15 is 0 Å². The summed E-state index contributed by atoms with van der Waals surface area (Å²) in [6.07, 6.45) is 2.48. The molecule has 1 aliphatic carbocycles. The topological polar surface area (TPSA) is 47.5 Å². The van der Waals surface area contributed by atoms with E-state index in [1.807, 2.05) is 19.2 Å². The molecule has 1 aromatic carbocycles. The maximum absolute atomic E-state index is 5.63. The minimum atomic E-state index is 0.609. The molecule has 21 heavy (non-hydrogen) atoms. The Morgan fingerprint density at radius 2 is 2.05 bits per heavy atom. The zero-order valence-electron chi connectivity index (χ0n) is 11.9. The van der Waals surface area contributed by atoms with E-state index in [2.05, 4.69) is 20.3 Å². The lowest BCUT2D eigenvalue weighted by molar-refractivity contribution is 0.171. The van der Waals surface area contributed by atoms with E-state index in [-0.39, 0.29) is 0 Å². The van der Waals surface area contributed by atoms with Gasteiger partial charge in [-0.25, -0.2) is 4.98 Å². The molecule has 1 aromatic heterocycles. The molecule has 6 heteroatoms. The highest BCUT2D eigenvalue weighted by atomic mass is 32.1. The Kier molecular flexibility index (Phi) is 3.18. The first-order valence-corrected chi connectivity index (χ1v) is 8.00. The third-order valence-corrected chi connectivity index (χ3v) is 4.57. The summed E-state index contributed by atoms with van der Waals surface area (Å²) in [7, 11) is 2.05. The van der Waals surface area contributed by atoms with E-state index in [0.717, 1.165) is 29.0 Å². The van der Waals surface area contributed by atoms with E-state index in [1.54, 1.807) is 0 Å². The molecule has 2 heterocycles. The predicted octanol–water partition coefficient (Wildman–Crippen LogP) is 2.82. The van der Waals surface area contributed by atoms with Crippen LogP contribution in [-0.2, 0) is 6.54 Å². The number of anilines is 1. The van der Waals surface area contributed by atoms with Crippen molar-refractivity contribution < 1.29 is 9.47 Å². The maximum atomic E-state index is 5.63. The SMILES string of the molecule is CN(Cc1ccc2c(c1)OCCO2)c1nc(C2CC2)ns1. The molecule has 0 atom stereocenters. The van der Waals surface area contributed by atoms with Crippen molar-refractivity contribution in [1.82, 2.24) is 9.36 Å². The van der Waals surface area contributed by atoms with Crippen LogP contribution in [-0.4, -0.2) is 29.6 Å². The predicted molar refractivity (Wildman–Crippen MR) is 81.4 cm³/mol. The van der Waals surface area contributed by atoms with E-state index in [1.165, 1.54) is 29.9 Å². The smallest absolute Gasteiger partial charge is 0.205 e. The van der Waals surface area contributed by atoms with Crippen molar-refractivity contribution in [2.75, 3.05) is 25.2 Å².